The van der Waals surface area contributed by atoms with Crippen molar-refractivity contribution in [3.63, 3.8) is 0 Å². The highest BCUT2D eigenvalue weighted by molar-refractivity contribution is 5.98. The van der Waals surface area contributed by atoms with Crippen LogP contribution in [0, 0.1) is 6.92 Å². The number of hydrogen-bond acceptors (Lipinski definition) is 3. The highest BCUT2D eigenvalue weighted by atomic mass is 16.5. The van der Waals surface area contributed by atoms with E-state index in [-0.39, 0.29) is 11.9 Å². The smallest absolute Gasteiger partial charge is 0.272 e. The van der Waals surface area contributed by atoms with Crippen LogP contribution in [0.5, 0.6) is 5.75 Å². The Balaban J connectivity index is 2.08. The molecule has 1 unspecified atom stereocenters. The van der Waals surface area contributed by atoms with Crippen LogP contribution in [-0.2, 0) is 0 Å². The molecule has 0 fully saturated rings. The zero-order chi connectivity index (χ0) is 12.7. The second-order valence-electron chi connectivity index (χ2n) is 4.29. The number of rotatable bonds is 2. The maximum Gasteiger partial charge on any atom is 0.272 e. The maximum atomic E-state index is 11.8. The zero-order valence-electron chi connectivity index (χ0n) is 10.2. The Bertz CT molecular complexity index is 618. The van der Waals surface area contributed by atoms with Gasteiger partial charge in [-0.15, -0.1) is 0 Å². The van der Waals surface area contributed by atoms with Gasteiger partial charge in [-0.3, -0.25) is 9.89 Å². The van der Waals surface area contributed by atoms with Crippen molar-refractivity contribution >= 4 is 5.91 Å². The molecule has 1 amide bonds. The molecule has 5 nitrogen and oxygen atoms in total. The van der Waals surface area contributed by atoms with Gasteiger partial charge in [-0.05, 0) is 24.6 Å². The van der Waals surface area contributed by atoms with Gasteiger partial charge in [0.2, 0.25) is 0 Å². The van der Waals surface area contributed by atoms with Gasteiger partial charge < -0.3 is 10.1 Å². The number of methoxy groups -OCH3 is 1. The summed E-state index contributed by atoms with van der Waals surface area (Å²) in [5.74, 6) is 0.638. The first-order valence-electron chi connectivity index (χ1n) is 5.70. The van der Waals surface area contributed by atoms with Crippen LogP contribution < -0.4 is 10.1 Å². The van der Waals surface area contributed by atoms with Crippen LogP contribution in [0.25, 0.3) is 0 Å². The molecule has 1 atom stereocenters. The standard InChI is InChI=1S/C13H13N3O2/c1-7-10-11(14-13(17)12(10)16-15-7)8-4-3-5-9(6-8)18-2/h3-6,11H,1-2H3,(H,14,17)(H,15,16). The quantitative estimate of drug-likeness (QED) is 0.841. The van der Waals surface area contributed by atoms with E-state index in [0.29, 0.717) is 5.69 Å². The minimum absolute atomic E-state index is 0.137. The van der Waals surface area contributed by atoms with Crippen LogP contribution in [0.1, 0.15) is 33.4 Å². The van der Waals surface area contributed by atoms with Gasteiger partial charge in [-0.1, -0.05) is 12.1 Å². The number of nitrogens with zero attached hydrogens (tertiary/aromatic N) is 1. The number of H-pyrrole nitrogens is 1. The molecule has 1 aliphatic heterocycles. The Morgan fingerprint density at radius 2 is 2.22 bits per heavy atom. The van der Waals surface area contributed by atoms with Crippen molar-refractivity contribution in [2.45, 2.75) is 13.0 Å². The summed E-state index contributed by atoms with van der Waals surface area (Å²) in [6.07, 6.45) is 0. The van der Waals surface area contributed by atoms with Gasteiger partial charge in [0.1, 0.15) is 5.75 Å². The Labute approximate surface area is 104 Å². The van der Waals surface area contributed by atoms with E-state index in [4.69, 9.17) is 4.74 Å². The average molecular weight is 243 g/mol. The van der Waals surface area contributed by atoms with Crippen molar-refractivity contribution in [3.05, 3.63) is 46.8 Å². The lowest BCUT2D eigenvalue weighted by Crippen LogP contribution is -2.21. The van der Waals surface area contributed by atoms with E-state index in [1.54, 1.807) is 7.11 Å². The maximum absolute atomic E-state index is 11.8. The largest absolute Gasteiger partial charge is 0.497 e. The highest BCUT2D eigenvalue weighted by Gasteiger charge is 2.34. The number of aromatic nitrogens is 2. The minimum atomic E-state index is -0.152. The van der Waals surface area contributed by atoms with Crippen molar-refractivity contribution in [1.82, 2.24) is 15.5 Å². The van der Waals surface area contributed by atoms with Gasteiger partial charge in [0.05, 0.1) is 13.2 Å². The number of carbonyl (C=O) groups is 1. The third-order valence-electron chi connectivity index (χ3n) is 3.20. The third kappa shape index (κ3) is 1.48. The molecule has 5 heteroatoms. The van der Waals surface area contributed by atoms with Gasteiger partial charge in [0.15, 0.2) is 5.69 Å². The summed E-state index contributed by atoms with van der Waals surface area (Å²) >= 11 is 0. The SMILES string of the molecule is COc1cccc(C2NC(=O)c3n[nH]c(C)c32)c1. The number of amides is 1. The Kier molecular flexibility index (Phi) is 2.33. The van der Waals surface area contributed by atoms with Gasteiger partial charge in [0, 0.05) is 11.3 Å². The van der Waals surface area contributed by atoms with Gasteiger partial charge in [0.25, 0.3) is 5.91 Å². The van der Waals surface area contributed by atoms with Gasteiger partial charge in [-0.2, -0.15) is 5.10 Å². The number of aromatic amines is 1. The summed E-state index contributed by atoms with van der Waals surface area (Å²) in [5.41, 5.74) is 3.32. The first-order valence-corrected chi connectivity index (χ1v) is 5.70. The molecule has 2 aromatic rings. The van der Waals surface area contributed by atoms with E-state index >= 15 is 0 Å². The van der Waals surface area contributed by atoms with Crippen molar-refractivity contribution in [2.75, 3.05) is 7.11 Å². The van der Waals surface area contributed by atoms with E-state index in [0.717, 1.165) is 22.6 Å². The molecule has 2 N–H and O–H groups in total. The predicted molar refractivity (Wildman–Crippen MR) is 65.6 cm³/mol. The summed E-state index contributed by atoms with van der Waals surface area (Å²) < 4.78 is 5.20. The molecule has 3 rings (SSSR count). The second kappa shape index (κ2) is 3.87. The molecule has 1 aromatic heterocycles. The van der Waals surface area contributed by atoms with Crippen molar-refractivity contribution in [2.24, 2.45) is 0 Å². The highest BCUT2D eigenvalue weighted by Crippen LogP contribution is 2.33. The summed E-state index contributed by atoms with van der Waals surface area (Å²) in [7, 11) is 1.63. The molecule has 0 saturated heterocycles. The molecule has 0 radical (unpaired) electrons. The topological polar surface area (TPSA) is 67.0 Å². The fraction of sp³-hybridized carbons (Fsp3) is 0.231. The number of carbonyl (C=O) groups excluding carboxylic acids is 1. The molecule has 0 aliphatic carbocycles. The minimum Gasteiger partial charge on any atom is -0.497 e. The van der Waals surface area contributed by atoms with E-state index < -0.39 is 0 Å². The number of hydrogen-bond donors (Lipinski definition) is 2. The number of aryl methyl sites for hydroxylation is 1. The summed E-state index contributed by atoms with van der Waals surface area (Å²) in [4.78, 5) is 11.8. The zero-order valence-corrected chi connectivity index (χ0v) is 10.2. The second-order valence-corrected chi connectivity index (χ2v) is 4.29. The Morgan fingerprint density at radius 3 is 3.00 bits per heavy atom. The molecule has 0 spiro atoms. The van der Waals surface area contributed by atoms with Gasteiger partial charge >= 0.3 is 0 Å². The van der Waals surface area contributed by atoms with Crippen molar-refractivity contribution < 1.29 is 9.53 Å². The summed E-state index contributed by atoms with van der Waals surface area (Å²) in [6, 6.07) is 7.53. The molecular weight excluding hydrogens is 230 g/mol. The lowest BCUT2D eigenvalue weighted by molar-refractivity contribution is 0.0955. The van der Waals surface area contributed by atoms with E-state index in [2.05, 4.69) is 15.5 Å². The van der Waals surface area contributed by atoms with E-state index in [1.807, 2.05) is 31.2 Å². The molecule has 92 valence electrons. The van der Waals surface area contributed by atoms with Crippen LogP contribution in [0.2, 0.25) is 0 Å². The fourth-order valence-electron chi connectivity index (χ4n) is 2.31. The monoisotopic (exact) mass is 243 g/mol. The summed E-state index contributed by atoms with van der Waals surface area (Å²) in [6.45, 7) is 1.92. The molecule has 1 aromatic carbocycles. The lowest BCUT2D eigenvalue weighted by Gasteiger charge is -2.13. The molecule has 0 saturated carbocycles. The van der Waals surface area contributed by atoms with E-state index in [1.165, 1.54) is 0 Å². The van der Waals surface area contributed by atoms with Crippen LogP contribution in [0.4, 0.5) is 0 Å². The van der Waals surface area contributed by atoms with E-state index in [9.17, 15) is 4.79 Å². The van der Waals surface area contributed by atoms with Crippen LogP contribution in [-0.4, -0.2) is 23.2 Å². The molecule has 18 heavy (non-hydrogen) atoms. The fourth-order valence-corrected chi connectivity index (χ4v) is 2.31. The number of nitrogens with one attached hydrogen (secondary N) is 2. The predicted octanol–water partition coefficient (Wildman–Crippen LogP) is 1.56. The molecule has 1 aliphatic rings. The first kappa shape index (κ1) is 10.8. The molecular formula is C13H13N3O2. The normalized spacial score (nSPS) is 17.4. The van der Waals surface area contributed by atoms with Crippen LogP contribution in [0.3, 0.4) is 0 Å². The Morgan fingerprint density at radius 1 is 1.39 bits per heavy atom. The van der Waals surface area contributed by atoms with Crippen LogP contribution >= 0.6 is 0 Å². The number of fused-ring (bicyclic) bond motifs is 1. The molecule has 2 heterocycles. The number of ether oxygens (including phenoxy) is 1. The van der Waals surface area contributed by atoms with Gasteiger partial charge in [-0.25, -0.2) is 0 Å². The lowest BCUT2D eigenvalue weighted by atomic mass is 10.00. The summed E-state index contributed by atoms with van der Waals surface area (Å²) in [5, 5.41) is 9.81. The van der Waals surface area contributed by atoms with Crippen molar-refractivity contribution in [3.8, 4) is 5.75 Å². The third-order valence-corrected chi connectivity index (χ3v) is 3.20. The number of benzene rings is 1. The Hall–Kier alpha value is -2.30. The average Bonchev–Trinajstić information content (AvgIpc) is 2.92. The van der Waals surface area contributed by atoms with Crippen molar-refractivity contribution in [1.29, 1.82) is 0 Å². The first-order chi connectivity index (χ1) is 8.70. The van der Waals surface area contributed by atoms with Crippen LogP contribution in [0.15, 0.2) is 24.3 Å². The molecule has 0 bridgehead atoms.